The highest BCUT2D eigenvalue weighted by Gasteiger charge is 2.21. The van der Waals surface area contributed by atoms with E-state index in [1.165, 1.54) is 38.6 Å². The molecule has 0 spiro atoms. The van der Waals surface area contributed by atoms with Gasteiger partial charge in [0.15, 0.2) is 0 Å². The van der Waals surface area contributed by atoms with Gasteiger partial charge < -0.3 is 9.97 Å². The maximum atomic E-state index is 3.49. The van der Waals surface area contributed by atoms with E-state index in [0.717, 1.165) is 11.0 Å². The third kappa shape index (κ3) is 3.56. The molecule has 0 saturated carbocycles. The molecule has 6 rings (SSSR count). The summed E-state index contributed by atoms with van der Waals surface area (Å²) in [6.07, 6.45) is 6.76. The van der Waals surface area contributed by atoms with Crippen molar-refractivity contribution in [2.45, 2.75) is 5.92 Å². The van der Waals surface area contributed by atoms with Gasteiger partial charge in [0.25, 0.3) is 0 Å². The van der Waals surface area contributed by atoms with Crippen LogP contribution < -0.4 is 0 Å². The Hall–Kier alpha value is -4.30. The number of aromatic amines is 2. The monoisotopic (exact) mass is 424 g/mol. The number of nitrogens with one attached hydrogen (secondary N) is 2. The van der Waals surface area contributed by atoms with Gasteiger partial charge in [0, 0.05) is 40.1 Å². The van der Waals surface area contributed by atoms with Crippen LogP contribution in [-0.2, 0) is 0 Å². The van der Waals surface area contributed by atoms with E-state index in [-0.39, 0.29) is 5.92 Å². The Morgan fingerprint density at radius 2 is 0.939 bits per heavy atom. The maximum absolute atomic E-state index is 3.49. The molecule has 2 nitrogen and oxygen atoms in total. The highest BCUT2D eigenvalue weighted by molar-refractivity contribution is 5.90. The van der Waals surface area contributed by atoms with Crippen LogP contribution in [0.1, 0.15) is 28.2 Å². The molecule has 33 heavy (non-hydrogen) atoms. The van der Waals surface area contributed by atoms with Gasteiger partial charge in [0.05, 0.1) is 0 Å². The minimum absolute atomic E-state index is 0.0766. The van der Waals surface area contributed by atoms with Crippen LogP contribution in [0.25, 0.3) is 27.4 Å². The van der Waals surface area contributed by atoms with Crippen LogP contribution in [0.2, 0.25) is 0 Å². The molecule has 2 heterocycles. The fraction of sp³-hybridized carbons (Fsp3) is 0.0323. The van der Waals surface area contributed by atoms with Gasteiger partial charge in [-0.15, -0.1) is 0 Å². The molecule has 0 aliphatic carbocycles. The van der Waals surface area contributed by atoms with Gasteiger partial charge in [-0.3, -0.25) is 0 Å². The largest absolute Gasteiger partial charge is 0.361 e. The Kier molecular flexibility index (Phi) is 4.89. The first-order valence-corrected chi connectivity index (χ1v) is 11.3. The second-order valence-corrected chi connectivity index (χ2v) is 8.37. The van der Waals surface area contributed by atoms with Crippen molar-refractivity contribution >= 4 is 27.4 Å². The number of hydrogen-bond acceptors (Lipinski definition) is 0. The van der Waals surface area contributed by atoms with E-state index in [1.54, 1.807) is 0 Å². The third-order valence-electron chi connectivity index (χ3n) is 6.42. The number of allylic oxidation sites excluding steroid dienone is 1. The zero-order valence-corrected chi connectivity index (χ0v) is 18.2. The average Bonchev–Trinajstić information content (AvgIpc) is 3.51. The SMILES string of the molecule is C(=C(c1ccccc1)c1ccccc1)C(c1c[nH]c2ccccc12)c1c[nH]c2ccccc12. The summed E-state index contributed by atoms with van der Waals surface area (Å²) in [4.78, 5) is 6.98. The fourth-order valence-electron chi connectivity index (χ4n) is 4.81. The smallest absolute Gasteiger partial charge is 0.0457 e. The van der Waals surface area contributed by atoms with Crippen LogP contribution in [0.5, 0.6) is 0 Å². The topological polar surface area (TPSA) is 31.6 Å². The molecule has 6 aromatic rings. The van der Waals surface area contributed by atoms with Crippen molar-refractivity contribution in [2.24, 2.45) is 0 Å². The summed E-state index contributed by atoms with van der Waals surface area (Å²) < 4.78 is 0. The molecular formula is C31H24N2. The van der Waals surface area contributed by atoms with Crippen LogP contribution in [-0.4, -0.2) is 9.97 Å². The van der Waals surface area contributed by atoms with Gasteiger partial charge in [-0.1, -0.05) is 103 Å². The highest BCUT2D eigenvalue weighted by Crippen LogP contribution is 2.38. The number of rotatable bonds is 5. The lowest BCUT2D eigenvalue weighted by Crippen LogP contribution is -1.99. The van der Waals surface area contributed by atoms with E-state index < -0.39 is 0 Å². The summed E-state index contributed by atoms with van der Waals surface area (Å²) in [5.41, 5.74) is 8.54. The fourth-order valence-corrected chi connectivity index (χ4v) is 4.81. The molecule has 0 fully saturated rings. The lowest BCUT2D eigenvalue weighted by atomic mass is 9.86. The van der Waals surface area contributed by atoms with Gasteiger partial charge in [-0.05, 0) is 40.0 Å². The second kappa shape index (κ2) is 8.33. The molecule has 0 bridgehead atoms. The van der Waals surface area contributed by atoms with Crippen molar-refractivity contribution < 1.29 is 0 Å². The predicted molar refractivity (Wildman–Crippen MR) is 138 cm³/mol. The third-order valence-corrected chi connectivity index (χ3v) is 6.42. The normalized spacial score (nSPS) is 11.3. The quantitative estimate of drug-likeness (QED) is 0.282. The molecule has 4 aromatic carbocycles. The molecule has 0 unspecified atom stereocenters. The lowest BCUT2D eigenvalue weighted by molar-refractivity contribution is 1.05. The molecule has 2 heteroatoms. The summed E-state index contributed by atoms with van der Waals surface area (Å²) in [6.45, 7) is 0. The number of H-pyrrole nitrogens is 2. The van der Waals surface area contributed by atoms with E-state index in [4.69, 9.17) is 0 Å². The predicted octanol–water partition coefficient (Wildman–Crippen LogP) is 7.91. The molecular weight excluding hydrogens is 400 g/mol. The van der Waals surface area contributed by atoms with E-state index in [9.17, 15) is 0 Å². The summed E-state index contributed by atoms with van der Waals surface area (Å²) >= 11 is 0. The van der Waals surface area contributed by atoms with Crippen molar-refractivity contribution in [3.8, 4) is 0 Å². The van der Waals surface area contributed by atoms with Crippen LogP contribution in [0, 0.1) is 0 Å². The van der Waals surface area contributed by atoms with Crippen LogP contribution in [0.4, 0.5) is 0 Å². The number of fused-ring (bicyclic) bond motifs is 2. The average molecular weight is 425 g/mol. The zero-order chi connectivity index (χ0) is 22.0. The van der Waals surface area contributed by atoms with Crippen molar-refractivity contribution in [3.05, 3.63) is 150 Å². The molecule has 158 valence electrons. The Morgan fingerprint density at radius 1 is 0.515 bits per heavy atom. The minimum atomic E-state index is 0.0766. The maximum Gasteiger partial charge on any atom is 0.0457 e. The summed E-state index contributed by atoms with van der Waals surface area (Å²) in [6, 6.07) is 38.5. The van der Waals surface area contributed by atoms with Gasteiger partial charge in [-0.25, -0.2) is 0 Å². The molecule has 0 radical (unpaired) electrons. The van der Waals surface area contributed by atoms with Crippen molar-refractivity contribution in [2.75, 3.05) is 0 Å². The van der Waals surface area contributed by atoms with Crippen LogP contribution in [0.3, 0.4) is 0 Å². The Bertz CT molecular complexity index is 1440. The van der Waals surface area contributed by atoms with E-state index in [0.29, 0.717) is 0 Å². The Morgan fingerprint density at radius 3 is 1.42 bits per heavy atom. The second-order valence-electron chi connectivity index (χ2n) is 8.37. The van der Waals surface area contributed by atoms with E-state index in [1.807, 2.05) is 0 Å². The molecule has 2 N–H and O–H groups in total. The number of para-hydroxylation sites is 2. The van der Waals surface area contributed by atoms with Gasteiger partial charge in [0.2, 0.25) is 0 Å². The number of benzene rings is 4. The van der Waals surface area contributed by atoms with Gasteiger partial charge in [-0.2, -0.15) is 0 Å². The first-order chi connectivity index (χ1) is 16.4. The van der Waals surface area contributed by atoms with Crippen molar-refractivity contribution in [1.82, 2.24) is 9.97 Å². The summed E-state index contributed by atoms with van der Waals surface area (Å²) in [5, 5.41) is 2.51. The highest BCUT2D eigenvalue weighted by atomic mass is 14.7. The minimum Gasteiger partial charge on any atom is -0.361 e. The van der Waals surface area contributed by atoms with Crippen molar-refractivity contribution in [3.63, 3.8) is 0 Å². The summed E-state index contributed by atoms with van der Waals surface area (Å²) in [7, 11) is 0. The molecule has 0 atom stereocenters. The first kappa shape index (κ1) is 19.4. The number of hydrogen-bond donors (Lipinski definition) is 2. The van der Waals surface area contributed by atoms with Crippen LogP contribution in [0.15, 0.2) is 128 Å². The van der Waals surface area contributed by atoms with Gasteiger partial charge >= 0.3 is 0 Å². The molecule has 0 amide bonds. The van der Waals surface area contributed by atoms with Crippen LogP contribution >= 0.6 is 0 Å². The van der Waals surface area contributed by atoms with Gasteiger partial charge in [0.1, 0.15) is 0 Å². The van der Waals surface area contributed by atoms with Crippen molar-refractivity contribution in [1.29, 1.82) is 0 Å². The lowest BCUT2D eigenvalue weighted by Gasteiger charge is -2.17. The molecule has 2 aromatic heterocycles. The standard InChI is InChI=1S/C31H24N2/c1-3-11-22(12-4-1)26(23-13-5-2-6-14-23)19-27(28-20-32-30-17-9-7-15-24(28)30)29-21-33-31-18-10-8-16-25(29)31/h1-21,27,32-33H. The molecule has 0 aliphatic heterocycles. The zero-order valence-electron chi connectivity index (χ0n) is 18.2. The number of aromatic nitrogens is 2. The Labute approximate surface area is 193 Å². The summed E-state index contributed by atoms with van der Waals surface area (Å²) in [5.74, 6) is 0.0766. The van der Waals surface area contributed by atoms with E-state index >= 15 is 0 Å². The Balaban J connectivity index is 1.64. The molecule has 0 saturated heterocycles. The molecule has 0 aliphatic rings. The van der Waals surface area contributed by atoms with E-state index in [2.05, 4.69) is 138 Å². The first-order valence-electron chi connectivity index (χ1n) is 11.3.